The SMILES string of the molecule is [N-]=[N+]=CC(Br)C(=O)C(Br)C=[N+]=[N-]. The lowest BCUT2D eigenvalue weighted by molar-refractivity contribution is -0.116. The van der Waals surface area contributed by atoms with Crippen molar-refractivity contribution in [2.45, 2.75) is 9.65 Å². The van der Waals surface area contributed by atoms with Gasteiger partial charge in [0.2, 0.25) is 0 Å². The van der Waals surface area contributed by atoms with E-state index in [-0.39, 0.29) is 5.78 Å². The van der Waals surface area contributed by atoms with Crippen LogP contribution >= 0.6 is 31.9 Å². The lowest BCUT2D eigenvalue weighted by Gasteiger charge is -1.96. The van der Waals surface area contributed by atoms with Crippen LogP contribution in [-0.2, 0) is 4.79 Å². The Bertz CT molecular complexity index is 241. The highest BCUT2D eigenvalue weighted by atomic mass is 79.9. The van der Waals surface area contributed by atoms with Gasteiger partial charge in [-0.15, -0.1) is 0 Å². The quantitative estimate of drug-likeness (QED) is 0.325. The van der Waals surface area contributed by atoms with E-state index in [4.69, 9.17) is 11.1 Å². The average molecular weight is 296 g/mol. The summed E-state index contributed by atoms with van der Waals surface area (Å²) in [6, 6.07) is 0. The van der Waals surface area contributed by atoms with E-state index < -0.39 is 9.65 Å². The van der Waals surface area contributed by atoms with Gasteiger partial charge >= 0.3 is 0 Å². The van der Waals surface area contributed by atoms with E-state index >= 15 is 0 Å². The summed E-state index contributed by atoms with van der Waals surface area (Å²) in [7, 11) is 0. The van der Waals surface area contributed by atoms with Crippen molar-refractivity contribution >= 4 is 50.1 Å². The molecule has 5 nitrogen and oxygen atoms in total. The Balaban J connectivity index is 4.37. The standard InChI is InChI=1S/C5H4Br2N4O/c6-3(1-10-8)5(12)4(7)2-11-9/h1-4H. The second-order valence-corrected chi connectivity index (χ2v) is 3.71. The Kier molecular flexibility index (Phi) is 5.66. The van der Waals surface area contributed by atoms with Gasteiger partial charge in [-0.05, 0) is 0 Å². The average Bonchev–Trinajstić information content (AvgIpc) is 2.04. The molecule has 0 aliphatic heterocycles. The Hall–Kier alpha value is -0.610. The van der Waals surface area contributed by atoms with Crippen LogP contribution < -0.4 is 0 Å². The predicted molar refractivity (Wildman–Crippen MR) is 49.8 cm³/mol. The van der Waals surface area contributed by atoms with Gasteiger partial charge in [0, 0.05) is 0 Å². The molecule has 0 rings (SSSR count). The van der Waals surface area contributed by atoms with Crippen LogP contribution in [0.25, 0.3) is 11.1 Å². The summed E-state index contributed by atoms with van der Waals surface area (Å²) in [4.78, 5) is 15.1. The van der Waals surface area contributed by atoms with Crippen molar-refractivity contribution in [1.29, 1.82) is 0 Å². The molecule has 64 valence electrons. The predicted octanol–water partition coefficient (Wildman–Crippen LogP) is 0.684. The zero-order chi connectivity index (χ0) is 9.56. The van der Waals surface area contributed by atoms with Gasteiger partial charge in [0.05, 0.1) is 0 Å². The third-order valence-corrected chi connectivity index (χ3v) is 2.31. The molecule has 0 amide bonds. The summed E-state index contributed by atoms with van der Waals surface area (Å²) in [5.41, 5.74) is 16.2. The fourth-order valence-corrected chi connectivity index (χ4v) is 1.55. The van der Waals surface area contributed by atoms with Crippen molar-refractivity contribution in [3.63, 3.8) is 0 Å². The molecule has 0 spiro atoms. The minimum Gasteiger partial charge on any atom is -0.362 e. The highest BCUT2D eigenvalue weighted by Gasteiger charge is 2.25. The number of nitrogens with zero attached hydrogens (tertiary/aromatic N) is 4. The van der Waals surface area contributed by atoms with Crippen LogP contribution in [0.5, 0.6) is 0 Å². The summed E-state index contributed by atoms with van der Waals surface area (Å²) in [6.45, 7) is 0. The summed E-state index contributed by atoms with van der Waals surface area (Å²) >= 11 is 5.88. The molecule has 0 fully saturated rings. The van der Waals surface area contributed by atoms with Gasteiger partial charge in [-0.25, -0.2) is 0 Å². The van der Waals surface area contributed by atoms with Crippen molar-refractivity contribution in [3.05, 3.63) is 11.1 Å². The molecule has 0 heterocycles. The molecular weight excluding hydrogens is 292 g/mol. The van der Waals surface area contributed by atoms with E-state index in [9.17, 15) is 4.79 Å². The fraction of sp³-hybridized carbons (Fsp3) is 0.400. The number of carbonyl (C=O) groups is 1. The van der Waals surface area contributed by atoms with Gasteiger partial charge in [0.25, 0.3) is 12.4 Å². The normalized spacial score (nSPS) is 13.5. The third-order valence-electron chi connectivity index (χ3n) is 0.939. The van der Waals surface area contributed by atoms with Crippen LogP contribution in [0.15, 0.2) is 0 Å². The maximum Gasteiger partial charge on any atom is 0.278 e. The number of alkyl halides is 2. The summed E-state index contributed by atoms with van der Waals surface area (Å²) < 4.78 is 0. The third kappa shape index (κ3) is 3.69. The van der Waals surface area contributed by atoms with Crippen molar-refractivity contribution in [2.75, 3.05) is 0 Å². The Morgan fingerprint density at radius 2 is 1.50 bits per heavy atom. The Labute approximate surface area is 85.3 Å². The van der Waals surface area contributed by atoms with E-state index in [0.717, 1.165) is 12.4 Å². The number of hydrogen-bond donors (Lipinski definition) is 0. The zero-order valence-corrected chi connectivity index (χ0v) is 8.93. The fourth-order valence-electron chi connectivity index (χ4n) is 0.416. The van der Waals surface area contributed by atoms with Crippen molar-refractivity contribution in [2.24, 2.45) is 0 Å². The topological polar surface area (TPSA) is 89.9 Å². The van der Waals surface area contributed by atoms with E-state index in [1.165, 1.54) is 0 Å². The monoisotopic (exact) mass is 294 g/mol. The lowest BCUT2D eigenvalue weighted by atomic mass is 10.2. The van der Waals surface area contributed by atoms with E-state index in [1.807, 2.05) is 0 Å². The summed E-state index contributed by atoms with van der Waals surface area (Å²) in [6.07, 6.45) is 2.03. The highest BCUT2D eigenvalue weighted by molar-refractivity contribution is 9.11. The van der Waals surface area contributed by atoms with E-state index in [0.29, 0.717) is 0 Å². The molecule has 0 aromatic rings. The maximum absolute atomic E-state index is 11.1. The number of halogens is 2. The molecule has 2 atom stereocenters. The highest BCUT2D eigenvalue weighted by Crippen LogP contribution is 2.06. The second kappa shape index (κ2) is 5.97. The van der Waals surface area contributed by atoms with Crippen LogP contribution in [0.3, 0.4) is 0 Å². The van der Waals surface area contributed by atoms with E-state index in [1.54, 1.807) is 0 Å². The van der Waals surface area contributed by atoms with Crippen molar-refractivity contribution in [1.82, 2.24) is 0 Å². The first-order valence-corrected chi connectivity index (χ1v) is 4.63. The van der Waals surface area contributed by atoms with Gasteiger partial charge in [-0.3, -0.25) is 4.79 Å². The first kappa shape index (κ1) is 11.4. The largest absolute Gasteiger partial charge is 0.362 e. The van der Waals surface area contributed by atoms with Crippen molar-refractivity contribution in [3.8, 4) is 0 Å². The van der Waals surface area contributed by atoms with Crippen LogP contribution in [0, 0.1) is 0 Å². The molecule has 0 aliphatic carbocycles. The van der Waals surface area contributed by atoms with Gasteiger partial charge in [-0.2, -0.15) is 9.58 Å². The molecule has 0 aromatic heterocycles. The van der Waals surface area contributed by atoms with Gasteiger partial charge < -0.3 is 11.1 Å². The molecule has 0 saturated heterocycles. The van der Waals surface area contributed by atoms with Gasteiger partial charge in [-0.1, -0.05) is 31.9 Å². The zero-order valence-electron chi connectivity index (χ0n) is 5.76. The molecule has 0 N–H and O–H groups in total. The summed E-state index contributed by atoms with van der Waals surface area (Å²) in [5.74, 6) is -0.328. The number of rotatable bonds is 4. The molecular formula is C5H4Br2N4O. The van der Waals surface area contributed by atoms with Crippen molar-refractivity contribution < 1.29 is 14.4 Å². The molecule has 0 bridgehead atoms. The molecule has 0 radical (unpaired) electrons. The van der Waals surface area contributed by atoms with Gasteiger partial charge in [0.15, 0.2) is 15.4 Å². The van der Waals surface area contributed by atoms with Crippen LogP contribution in [0.2, 0.25) is 0 Å². The molecule has 2 unspecified atom stereocenters. The summed E-state index contributed by atoms with van der Waals surface area (Å²) in [5, 5.41) is 0. The molecule has 0 saturated carbocycles. The number of hydrogen-bond acceptors (Lipinski definition) is 1. The minimum atomic E-state index is -0.704. The molecule has 12 heavy (non-hydrogen) atoms. The van der Waals surface area contributed by atoms with Crippen LogP contribution in [0.4, 0.5) is 0 Å². The van der Waals surface area contributed by atoms with E-state index in [2.05, 4.69) is 41.4 Å². The molecule has 0 aromatic carbocycles. The Morgan fingerprint density at radius 3 is 1.75 bits per heavy atom. The maximum atomic E-state index is 11.1. The smallest absolute Gasteiger partial charge is 0.278 e. The minimum absolute atomic E-state index is 0.328. The van der Waals surface area contributed by atoms with Crippen LogP contribution in [-0.4, -0.2) is 37.4 Å². The molecule has 0 aliphatic rings. The number of carbonyl (C=O) groups excluding carboxylic acids is 1. The lowest BCUT2D eigenvalue weighted by Crippen LogP contribution is -2.26. The first-order valence-electron chi connectivity index (χ1n) is 2.80. The molecule has 7 heteroatoms. The first-order chi connectivity index (χ1) is 5.63. The van der Waals surface area contributed by atoms with Gasteiger partial charge in [0.1, 0.15) is 0 Å². The number of Topliss-reactive ketones (excluding diaryl/α,β-unsaturated/α-hetero) is 1. The number of ketones is 1. The van der Waals surface area contributed by atoms with Crippen LogP contribution in [0.1, 0.15) is 0 Å². The second-order valence-electron chi connectivity index (χ2n) is 1.73. The Morgan fingerprint density at radius 1 is 1.17 bits per heavy atom.